The summed E-state index contributed by atoms with van der Waals surface area (Å²) in [5, 5.41) is 0. The van der Waals surface area contributed by atoms with Gasteiger partial charge in [-0.05, 0) is 30.9 Å². The summed E-state index contributed by atoms with van der Waals surface area (Å²) in [6, 6.07) is 3.43. The van der Waals surface area contributed by atoms with Crippen molar-refractivity contribution in [3.05, 3.63) is 23.4 Å². The van der Waals surface area contributed by atoms with Gasteiger partial charge in [-0.15, -0.1) is 0 Å². The SMILES string of the molecule is FC(F)(F)COc1ccc2c(n1)CCN(CCC1CCCCC1)CC2. The Morgan fingerprint density at radius 1 is 1.08 bits per heavy atom. The van der Waals surface area contributed by atoms with Crippen molar-refractivity contribution in [1.29, 1.82) is 0 Å². The van der Waals surface area contributed by atoms with Crippen molar-refractivity contribution in [3.8, 4) is 5.88 Å². The number of hydrogen-bond donors (Lipinski definition) is 0. The van der Waals surface area contributed by atoms with Crippen molar-refractivity contribution >= 4 is 0 Å². The van der Waals surface area contributed by atoms with Gasteiger partial charge in [0.2, 0.25) is 5.88 Å². The molecular weight excluding hydrogens is 329 g/mol. The molecule has 0 N–H and O–H groups in total. The standard InChI is InChI=1S/C19H27F3N2O/c20-19(21,22)14-25-18-7-6-16-9-12-24(13-10-17(16)23-18)11-8-15-4-2-1-3-5-15/h6-7,15H,1-5,8-14H2. The first-order valence-corrected chi connectivity index (χ1v) is 9.40. The first-order chi connectivity index (χ1) is 12.0. The fourth-order valence-electron chi connectivity index (χ4n) is 3.91. The molecule has 3 nitrogen and oxygen atoms in total. The van der Waals surface area contributed by atoms with E-state index >= 15 is 0 Å². The fraction of sp³-hybridized carbons (Fsp3) is 0.737. The van der Waals surface area contributed by atoms with E-state index in [2.05, 4.69) is 9.88 Å². The van der Waals surface area contributed by atoms with Crippen LogP contribution in [0.25, 0.3) is 0 Å². The van der Waals surface area contributed by atoms with Crippen molar-refractivity contribution < 1.29 is 17.9 Å². The van der Waals surface area contributed by atoms with Crippen LogP contribution in [-0.4, -0.2) is 42.3 Å². The van der Waals surface area contributed by atoms with Gasteiger partial charge in [0.1, 0.15) is 0 Å². The topological polar surface area (TPSA) is 25.4 Å². The predicted molar refractivity (Wildman–Crippen MR) is 90.8 cm³/mol. The summed E-state index contributed by atoms with van der Waals surface area (Å²) >= 11 is 0. The lowest BCUT2D eigenvalue weighted by atomic mass is 9.87. The highest BCUT2D eigenvalue weighted by atomic mass is 19.4. The molecule has 0 unspecified atom stereocenters. The molecule has 1 aromatic heterocycles. The van der Waals surface area contributed by atoms with Crippen LogP contribution in [-0.2, 0) is 12.8 Å². The molecule has 3 rings (SSSR count). The van der Waals surface area contributed by atoms with E-state index in [4.69, 9.17) is 4.74 Å². The molecule has 0 atom stereocenters. The summed E-state index contributed by atoms with van der Waals surface area (Å²) in [6.45, 7) is 1.77. The van der Waals surface area contributed by atoms with Crippen LogP contribution in [0, 0.1) is 5.92 Å². The zero-order chi connectivity index (χ0) is 17.7. The lowest BCUT2D eigenvalue weighted by Gasteiger charge is -2.26. The highest BCUT2D eigenvalue weighted by Gasteiger charge is 2.29. The van der Waals surface area contributed by atoms with E-state index in [0.717, 1.165) is 49.7 Å². The predicted octanol–water partition coefficient (Wildman–Crippen LogP) is 4.39. The second-order valence-electron chi connectivity index (χ2n) is 7.29. The summed E-state index contributed by atoms with van der Waals surface area (Å²) < 4.78 is 41.6. The Bertz CT molecular complexity index is 556. The van der Waals surface area contributed by atoms with Gasteiger partial charge >= 0.3 is 6.18 Å². The maximum absolute atomic E-state index is 12.3. The molecule has 140 valence electrons. The number of alkyl halides is 3. The van der Waals surface area contributed by atoms with Crippen molar-refractivity contribution in [2.24, 2.45) is 5.92 Å². The van der Waals surface area contributed by atoms with Crippen LogP contribution in [0.5, 0.6) is 5.88 Å². The number of halogens is 3. The number of fused-ring (bicyclic) bond motifs is 1. The van der Waals surface area contributed by atoms with E-state index in [9.17, 15) is 13.2 Å². The van der Waals surface area contributed by atoms with Crippen molar-refractivity contribution in [2.45, 2.75) is 57.5 Å². The maximum Gasteiger partial charge on any atom is 0.422 e. The molecule has 2 heterocycles. The molecule has 1 aliphatic heterocycles. The molecule has 1 aliphatic carbocycles. The number of ether oxygens (including phenoxy) is 1. The highest BCUT2D eigenvalue weighted by molar-refractivity contribution is 5.27. The van der Waals surface area contributed by atoms with E-state index in [1.807, 2.05) is 6.07 Å². The monoisotopic (exact) mass is 356 g/mol. The quantitative estimate of drug-likeness (QED) is 0.782. The van der Waals surface area contributed by atoms with Gasteiger partial charge in [0, 0.05) is 31.3 Å². The smallest absolute Gasteiger partial charge is 0.422 e. The largest absolute Gasteiger partial charge is 0.468 e. The molecule has 0 aromatic carbocycles. The molecular formula is C19H27F3N2O. The van der Waals surface area contributed by atoms with Crippen LogP contribution in [0.2, 0.25) is 0 Å². The lowest BCUT2D eigenvalue weighted by molar-refractivity contribution is -0.154. The van der Waals surface area contributed by atoms with E-state index < -0.39 is 12.8 Å². The van der Waals surface area contributed by atoms with Crippen molar-refractivity contribution in [2.75, 3.05) is 26.2 Å². The van der Waals surface area contributed by atoms with Crippen molar-refractivity contribution in [3.63, 3.8) is 0 Å². The first kappa shape index (κ1) is 18.5. The summed E-state index contributed by atoms with van der Waals surface area (Å²) in [4.78, 5) is 6.79. The molecule has 25 heavy (non-hydrogen) atoms. The number of rotatable bonds is 5. The lowest BCUT2D eigenvalue weighted by Crippen LogP contribution is -2.29. The second kappa shape index (κ2) is 8.39. The van der Waals surface area contributed by atoms with Crippen LogP contribution < -0.4 is 4.74 Å². The fourth-order valence-corrected chi connectivity index (χ4v) is 3.91. The van der Waals surface area contributed by atoms with Gasteiger partial charge in [0.25, 0.3) is 0 Å². The number of hydrogen-bond acceptors (Lipinski definition) is 3. The van der Waals surface area contributed by atoms with Gasteiger partial charge in [-0.2, -0.15) is 13.2 Å². The van der Waals surface area contributed by atoms with Crippen LogP contribution in [0.15, 0.2) is 12.1 Å². The van der Waals surface area contributed by atoms with Crippen LogP contribution in [0.3, 0.4) is 0 Å². The molecule has 1 saturated carbocycles. The van der Waals surface area contributed by atoms with Crippen molar-refractivity contribution in [1.82, 2.24) is 9.88 Å². The minimum absolute atomic E-state index is 0.0757. The Balaban J connectivity index is 1.50. The third kappa shape index (κ3) is 5.87. The molecule has 0 amide bonds. The van der Waals surface area contributed by atoms with Gasteiger partial charge in [0.05, 0.1) is 0 Å². The van der Waals surface area contributed by atoms with E-state index in [1.54, 1.807) is 6.07 Å². The third-order valence-electron chi connectivity index (χ3n) is 5.37. The normalized spacial score (nSPS) is 20.1. The molecule has 1 fully saturated rings. The molecule has 6 heteroatoms. The molecule has 0 saturated heterocycles. The van der Waals surface area contributed by atoms with Crippen LogP contribution >= 0.6 is 0 Å². The summed E-state index contributed by atoms with van der Waals surface area (Å²) in [5.41, 5.74) is 2.03. The maximum atomic E-state index is 12.3. The van der Waals surface area contributed by atoms with Crippen LogP contribution in [0.1, 0.15) is 49.8 Å². The van der Waals surface area contributed by atoms with Gasteiger partial charge in [-0.1, -0.05) is 38.2 Å². The van der Waals surface area contributed by atoms with E-state index in [-0.39, 0.29) is 5.88 Å². The Morgan fingerprint density at radius 3 is 2.60 bits per heavy atom. The molecule has 0 radical (unpaired) electrons. The Kier molecular flexibility index (Phi) is 6.20. The minimum Gasteiger partial charge on any atom is -0.468 e. The van der Waals surface area contributed by atoms with Gasteiger partial charge in [0.15, 0.2) is 6.61 Å². The number of aromatic nitrogens is 1. The average Bonchev–Trinajstić information content (AvgIpc) is 2.80. The molecule has 0 bridgehead atoms. The third-order valence-corrected chi connectivity index (χ3v) is 5.37. The zero-order valence-corrected chi connectivity index (χ0v) is 14.7. The summed E-state index contributed by atoms with van der Waals surface area (Å²) in [7, 11) is 0. The number of pyridine rings is 1. The molecule has 1 aromatic rings. The average molecular weight is 356 g/mol. The Morgan fingerprint density at radius 2 is 1.84 bits per heavy atom. The number of nitrogens with zero attached hydrogens (tertiary/aromatic N) is 2. The zero-order valence-electron chi connectivity index (χ0n) is 14.7. The Labute approximate surface area is 147 Å². The minimum atomic E-state index is -4.33. The summed E-state index contributed by atoms with van der Waals surface area (Å²) in [5.74, 6) is 0.951. The molecule has 0 spiro atoms. The van der Waals surface area contributed by atoms with Gasteiger partial charge < -0.3 is 9.64 Å². The second-order valence-corrected chi connectivity index (χ2v) is 7.29. The van der Waals surface area contributed by atoms with Gasteiger partial charge in [-0.3, -0.25) is 0 Å². The van der Waals surface area contributed by atoms with Crippen LogP contribution in [0.4, 0.5) is 13.2 Å². The molecule has 2 aliphatic rings. The highest BCUT2D eigenvalue weighted by Crippen LogP contribution is 2.27. The summed E-state index contributed by atoms with van der Waals surface area (Å²) in [6.07, 6.45) is 5.51. The Hall–Kier alpha value is -1.30. The first-order valence-electron chi connectivity index (χ1n) is 9.40. The van der Waals surface area contributed by atoms with E-state index in [0.29, 0.717) is 0 Å². The van der Waals surface area contributed by atoms with E-state index in [1.165, 1.54) is 38.5 Å². The van der Waals surface area contributed by atoms with Gasteiger partial charge in [-0.25, -0.2) is 4.98 Å².